The number of hydrogen-bond donors (Lipinski definition) is 1. The van der Waals surface area contributed by atoms with E-state index in [1.807, 2.05) is 0 Å². The Balaban J connectivity index is 2.03. The van der Waals surface area contributed by atoms with Gasteiger partial charge in [0, 0.05) is 18.8 Å². The van der Waals surface area contributed by atoms with Gasteiger partial charge in [-0.3, -0.25) is 0 Å². The quantitative estimate of drug-likeness (QED) is 0.732. The van der Waals surface area contributed by atoms with E-state index >= 15 is 0 Å². The summed E-state index contributed by atoms with van der Waals surface area (Å²) in [6.07, 6.45) is -3.25. The number of rotatable bonds is 3. The molecule has 1 N–H and O–H groups in total. The van der Waals surface area contributed by atoms with E-state index in [-0.39, 0.29) is 17.3 Å². The molecule has 3 rings (SSSR count). The lowest BCUT2D eigenvalue weighted by Crippen LogP contribution is -2.08. The zero-order valence-corrected chi connectivity index (χ0v) is 12.2. The lowest BCUT2D eigenvalue weighted by Gasteiger charge is -2.08. The fraction of sp³-hybridized carbons (Fsp3) is 0.133. The SMILES string of the molecule is CNc1ncccc1-c1noc(-c2ccc(F)c(C(F)(F)F)c2)n1. The van der Waals surface area contributed by atoms with Crippen LogP contribution in [0.4, 0.5) is 23.4 Å². The molecule has 3 aromatic rings. The molecule has 0 spiro atoms. The van der Waals surface area contributed by atoms with E-state index in [0.29, 0.717) is 23.5 Å². The Labute approximate surface area is 133 Å². The molecule has 0 aliphatic carbocycles. The number of nitrogens with one attached hydrogen (secondary N) is 1. The summed E-state index contributed by atoms with van der Waals surface area (Å²) in [6.45, 7) is 0. The third kappa shape index (κ3) is 2.92. The molecule has 124 valence electrons. The lowest BCUT2D eigenvalue weighted by molar-refractivity contribution is -0.139. The molecule has 0 amide bonds. The van der Waals surface area contributed by atoms with E-state index in [2.05, 4.69) is 20.4 Å². The van der Waals surface area contributed by atoms with Crippen LogP contribution in [-0.4, -0.2) is 22.2 Å². The van der Waals surface area contributed by atoms with Crippen molar-refractivity contribution in [2.24, 2.45) is 0 Å². The maximum absolute atomic E-state index is 13.3. The van der Waals surface area contributed by atoms with E-state index in [0.717, 1.165) is 6.07 Å². The minimum Gasteiger partial charge on any atom is -0.373 e. The van der Waals surface area contributed by atoms with Gasteiger partial charge in [-0.15, -0.1) is 0 Å². The summed E-state index contributed by atoms with van der Waals surface area (Å²) in [5, 5.41) is 6.59. The molecule has 0 bridgehead atoms. The normalized spacial score (nSPS) is 11.5. The fourth-order valence-corrected chi connectivity index (χ4v) is 2.11. The van der Waals surface area contributed by atoms with Crippen molar-refractivity contribution in [2.45, 2.75) is 6.18 Å². The van der Waals surface area contributed by atoms with Crippen LogP contribution in [0.3, 0.4) is 0 Å². The number of nitrogens with zero attached hydrogens (tertiary/aromatic N) is 3. The van der Waals surface area contributed by atoms with Gasteiger partial charge in [0.1, 0.15) is 11.6 Å². The number of alkyl halides is 3. The number of hydrogen-bond acceptors (Lipinski definition) is 5. The summed E-state index contributed by atoms with van der Waals surface area (Å²) in [7, 11) is 1.66. The maximum Gasteiger partial charge on any atom is 0.419 e. The molecule has 2 aromatic heterocycles. The van der Waals surface area contributed by atoms with E-state index in [1.54, 1.807) is 25.4 Å². The van der Waals surface area contributed by atoms with Crippen LogP contribution in [0, 0.1) is 5.82 Å². The van der Waals surface area contributed by atoms with Gasteiger partial charge in [0.05, 0.1) is 11.1 Å². The summed E-state index contributed by atoms with van der Waals surface area (Å²) in [5.74, 6) is -0.877. The highest BCUT2D eigenvalue weighted by atomic mass is 19.4. The summed E-state index contributed by atoms with van der Waals surface area (Å²) in [6, 6.07) is 5.83. The van der Waals surface area contributed by atoms with Gasteiger partial charge in [-0.2, -0.15) is 18.2 Å². The van der Waals surface area contributed by atoms with Crippen molar-refractivity contribution in [3.8, 4) is 22.8 Å². The van der Waals surface area contributed by atoms with Crippen molar-refractivity contribution in [2.75, 3.05) is 12.4 Å². The smallest absolute Gasteiger partial charge is 0.373 e. The Kier molecular flexibility index (Phi) is 3.92. The molecule has 2 heterocycles. The van der Waals surface area contributed by atoms with Crippen molar-refractivity contribution in [3.05, 3.63) is 47.9 Å². The largest absolute Gasteiger partial charge is 0.419 e. The molecule has 0 aliphatic heterocycles. The standard InChI is InChI=1S/C15H10F4N4O/c1-20-12-9(3-2-6-21-12)13-22-14(24-23-13)8-4-5-11(16)10(7-8)15(17,18)19/h2-7H,1H3,(H,20,21). The highest BCUT2D eigenvalue weighted by molar-refractivity contribution is 5.70. The highest BCUT2D eigenvalue weighted by Gasteiger charge is 2.34. The zero-order chi connectivity index (χ0) is 17.3. The first kappa shape index (κ1) is 15.9. The van der Waals surface area contributed by atoms with Crippen LogP contribution >= 0.6 is 0 Å². The molecular formula is C15H10F4N4O. The highest BCUT2D eigenvalue weighted by Crippen LogP contribution is 2.34. The maximum atomic E-state index is 13.3. The van der Waals surface area contributed by atoms with Crippen LogP contribution in [0.1, 0.15) is 5.56 Å². The minimum absolute atomic E-state index is 0.0302. The van der Waals surface area contributed by atoms with Crippen molar-refractivity contribution in [1.29, 1.82) is 0 Å². The van der Waals surface area contributed by atoms with Crippen LogP contribution in [0.5, 0.6) is 0 Å². The third-order valence-electron chi connectivity index (χ3n) is 3.23. The van der Waals surface area contributed by atoms with Crippen molar-refractivity contribution in [1.82, 2.24) is 15.1 Å². The van der Waals surface area contributed by atoms with E-state index < -0.39 is 17.6 Å². The first-order chi connectivity index (χ1) is 11.4. The monoisotopic (exact) mass is 338 g/mol. The Morgan fingerprint density at radius 2 is 1.96 bits per heavy atom. The summed E-state index contributed by atoms with van der Waals surface area (Å²) < 4.78 is 56.7. The Morgan fingerprint density at radius 3 is 2.67 bits per heavy atom. The van der Waals surface area contributed by atoms with E-state index in [9.17, 15) is 17.6 Å². The Morgan fingerprint density at radius 1 is 1.17 bits per heavy atom. The van der Waals surface area contributed by atoms with Crippen LogP contribution < -0.4 is 5.32 Å². The van der Waals surface area contributed by atoms with Gasteiger partial charge in [-0.05, 0) is 30.3 Å². The van der Waals surface area contributed by atoms with Gasteiger partial charge in [0.25, 0.3) is 5.89 Å². The average molecular weight is 338 g/mol. The van der Waals surface area contributed by atoms with Gasteiger partial charge in [0.2, 0.25) is 5.82 Å². The molecule has 1 aromatic carbocycles. The molecule has 0 fully saturated rings. The summed E-state index contributed by atoms with van der Waals surface area (Å²) in [5.41, 5.74) is -0.900. The molecule has 0 atom stereocenters. The summed E-state index contributed by atoms with van der Waals surface area (Å²) in [4.78, 5) is 8.15. The number of aromatic nitrogens is 3. The van der Waals surface area contributed by atoms with Crippen LogP contribution in [0.15, 0.2) is 41.1 Å². The molecular weight excluding hydrogens is 328 g/mol. The molecule has 9 heteroatoms. The van der Waals surface area contributed by atoms with Crippen LogP contribution in [0.2, 0.25) is 0 Å². The van der Waals surface area contributed by atoms with Crippen molar-refractivity contribution < 1.29 is 22.1 Å². The number of benzene rings is 1. The van der Waals surface area contributed by atoms with Gasteiger partial charge in [0.15, 0.2) is 0 Å². The fourth-order valence-electron chi connectivity index (χ4n) is 2.11. The van der Waals surface area contributed by atoms with Gasteiger partial charge in [-0.25, -0.2) is 9.37 Å². The molecule has 24 heavy (non-hydrogen) atoms. The predicted octanol–water partition coefficient (Wildman–Crippen LogP) is 4.00. The second-order valence-electron chi connectivity index (χ2n) is 4.77. The first-order valence-electron chi connectivity index (χ1n) is 6.74. The number of pyridine rings is 1. The average Bonchev–Trinajstić information content (AvgIpc) is 3.04. The van der Waals surface area contributed by atoms with Gasteiger partial charge >= 0.3 is 6.18 Å². The second-order valence-corrected chi connectivity index (χ2v) is 4.77. The Hall–Kier alpha value is -2.97. The van der Waals surface area contributed by atoms with Crippen LogP contribution in [-0.2, 0) is 6.18 Å². The third-order valence-corrected chi connectivity index (χ3v) is 3.23. The molecule has 0 radical (unpaired) electrons. The first-order valence-corrected chi connectivity index (χ1v) is 6.74. The molecule has 0 saturated carbocycles. The lowest BCUT2D eigenvalue weighted by atomic mass is 10.1. The van der Waals surface area contributed by atoms with Crippen molar-refractivity contribution in [3.63, 3.8) is 0 Å². The number of anilines is 1. The van der Waals surface area contributed by atoms with Gasteiger partial charge < -0.3 is 9.84 Å². The van der Waals surface area contributed by atoms with E-state index in [1.165, 1.54) is 0 Å². The number of halogens is 4. The second kappa shape index (κ2) is 5.91. The van der Waals surface area contributed by atoms with Crippen molar-refractivity contribution >= 4 is 5.82 Å². The molecule has 5 nitrogen and oxygen atoms in total. The zero-order valence-electron chi connectivity index (χ0n) is 12.2. The van der Waals surface area contributed by atoms with Crippen LogP contribution in [0.25, 0.3) is 22.8 Å². The molecule has 0 saturated heterocycles. The summed E-state index contributed by atoms with van der Waals surface area (Å²) >= 11 is 0. The topological polar surface area (TPSA) is 63.8 Å². The van der Waals surface area contributed by atoms with E-state index in [4.69, 9.17) is 4.52 Å². The predicted molar refractivity (Wildman–Crippen MR) is 77.5 cm³/mol. The minimum atomic E-state index is -4.81. The molecule has 0 unspecified atom stereocenters. The van der Waals surface area contributed by atoms with Gasteiger partial charge in [-0.1, -0.05) is 5.16 Å². The molecule has 0 aliphatic rings. The Bertz CT molecular complexity index is 876.